The van der Waals surface area contributed by atoms with Gasteiger partial charge in [0.15, 0.2) is 5.69 Å². The maximum atomic E-state index is 10.9. The molecule has 2 rings (SSSR count). The second-order valence-electron chi connectivity index (χ2n) is 5.22. The van der Waals surface area contributed by atoms with E-state index in [2.05, 4.69) is 29.2 Å². The lowest BCUT2D eigenvalue weighted by Gasteiger charge is -2.35. The fourth-order valence-corrected chi connectivity index (χ4v) is 2.45. The van der Waals surface area contributed by atoms with Crippen molar-refractivity contribution in [3.63, 3.8) is 0 Å². The maximum absolute atomic E-state index is 10.9. The third-order valence-electron chi connectivity index (χ3n) is 3.58. The van der Waals surface area contributed by atoms with E-state index in [0.29, 0.717) is 17.4 Å². The quantitative estimate of drug-likeness (QED) is 0.757. The van der Waals surface area contributed by atoms with Crippen LogP contribution in [0.5, 0.6) is 0 Å². The number of anilines is 2. The van der Waals surface area contributed by atoms with E-state index in [1.807, 2.05) is 0 Å². The van der Waals surface area contributed by atoms with E-state index >= 15 is 0 Å². The van der Waals surface area contributed by atoms with Crippen LogP contribution < -0.4 is 11.1 Å². The van der Waals surface area contributed by atoms with Gasteiger partial charge in [0.1, 0.15) is 5.82 Å². The van der Waals surface area contributed by atoms with E-state index < -0.39 is 5.97 Å². The average Bonchev–Trinajstić information content (AvgIpc) is 2.34. The van der Waals surface area contributed by atoms with Crippen molar-refractivity contribution in [3.05, 3.63) is 17.8 Å². The van der Waals surface area contributed by atoms with Crippen LogP contribution in [0.1, 0.15) is 23.8 Å². The smallest absolute Gasteiger partial charge is 0.354 e. The Balaban J connectivity index is 2.14. The molecular weight excluding hydrogens is 244 g/mol. The highest BCUT2D eigenvalue weighted by atomic mass is 16.4. The molecule has 19 heavy (non-hydrogen) atoms. The van der Waals surface area contributed by atoms with Gasteiger partial charge in [0.2, 0.25) is 0 Å². The van der Waals surface area contributed by atoms with Crippen LogP contribution in [-0.2, 0) is 0 Å². The van der Waals surface area contributed by atoms with E-state index in [9.17, 15) is 4.79 Å². The number of rotatable bonds is 3. The predicted molar refractivity (Wildman–Crippen MR) is 74.3 cm³/mol. The lowest BCUT2D eigenvalue weighted by Crippen LogP contribution is -2.43. The summed E-state index contributed by atoms with van der Waals surface area (Å²) in [5.74, 6) is -0.103. The zero-order valence-corrected chi connectivity index (χ0v) is 11.3. The minimum atomic E-state index is -1.04. The molecular formula is C13H20N4O2. The van der Waals surface area contributed by atoms with Crippen molar-refractivity contribution < 1.29 is 9.90 Å². The van der Waals surface area contributed by atoms with Crippen LogP contribution in [0.2, 0.25) is 0 Å². The molecule has 0 amide bonds. The molecule has 0 aromatic carbocycles. The first-order valence-corrected chi connectivity index (χ1v) is 6.42. The van der Waals surface area contributed by atoms with E-state index in [1.165, 1.54) is 6.07 Å². The monoisotopic (exact) mass is 264 g/mol. The van der Waals surface area contributed by atoms with Crippen LogP contribution in [0.4, 0.5) is 11.5 Å². The zero-order chi connectivity index (χ0) is 14.0. The third-order valence-corrected chi connectivity index (χ3v) is 3.58. The summed E-state index contributed by atoms with van der Waals surface area (Å²) in [7, 11) is 2.10. The van der Waals surface area contributed by atoms with Crippen LogP contribution in [0.15, 0.2) is 12.1 Å². The Kier molecular flexibility index (Phi) is 3.90. The summed E-state index contributed by atoms with van der Waals surface area (Å²) < 4.78 is 0. The Morgan fingerprint density at radius 1 is 1.58 bits per heavy atom. The van der Waals surface area contributed by atoms with Gasteiger partial charge >= 0.3 is 5.97 Å². The van der Waals surface area contributed by atoms with Gasteiger partial charge in [-0.05, 0) is 38.1 Å². The Hall–Kier alpha value is -1.82. The summed E-state index contributed by atoms with van der Waals surface area (Å²) >= 11 is 0. The molecule has 6 nitrogen and oxygen atoms in total. The Morgan fingerprint density at radius 3 is 2.95 bits per heavy atom. The first-order valence-electron chi connectivity index (χ1n) is 6.42. The summed E-state index contributed by atoms with van der Waals surface area (Å²) in [6.07, 6.45) is 0.996. The van der Waals surface area contributed by atoms with Gasteiger partial charge < -0.3 is 21.1 Å². The normalized spacial score (nSPS) is 24.1. The van der Waals surface area contributed by atoms with Crippen molar-refractivity contribution >= 4 is 17.5 Å². The molecule has 2 heterocycles. The number of pyridine rings is 1. The van der Waals surface area contributed by atoms with Gasteiger partial charge in [-0.2, -0.15) is 0 Å². The van der Waals surface area contributed by atoms with Crippen LogP contribution in [0.3, 0.4) is 0 Å². The van der Waals surface area contributed by atoms with Gasteiger partial charge in [0, 0.05) is 12.6 Å². The molecule has 4 N–H and O–H groups in total. The average molecular weight is 264 g/mol. The number of nitrogens with two attached hydrogens (primary N) is 1. The number of hydrogen-bond donors (Lipinski definition) is 3. The molecule has 0 bridgehead atoms. The molecule has 0 spiro atoms. The number of nitrogens with one attached hydrogen (secondary N) is 1. The highest BCUT2D eigenvalue weighted by Crippen LogP contribution is 2.23. The molecule has 104 valence electrons. The molecule has 1 aromatic rings. The molecule has 0 saturated carbocycles. The second kappa shape index (κ2) is 5.44. The second-order valence-corrected chi connectivity index (χ2v) is 5.22. The van der Waals surface area contributed by atoms with Crippen molar-refractivity contribution in [2.75, 3.05) is 31.2 Å². The summed E-state index contributed by atoms with van der Waals surface area (Å²) in [4.78, 5) is 17.3. The molecule has 1 fully saturated rings. The molecule has 2 unspecified atom stereocenters. The minimum Gasteiger partial charge on any atom is -0.477 e. The maximum Gasteiger partial charge on any atom is 0.354 e. The number of aromatic nitrogens is 1. The number of hydrogen-bond acceptors (Lipinski definition) is 5. The van der Waals surface area contributed by atoms with Gasteiger partial charge in [-0.25, -0.2) is 9.78 Å². The molecule has 1 aliphatic rings. The van der Waals surface area contributed by atoms with Crippen molar-refractivity contribution in [2.45, 2.75) is 19.4 Å². The summed E-state index contributed by atoms with van der Waals surface area (Å²) in [6, 6.07) is 3.27. The molecule has 0 radical (unpaired) electrons. The zero-order valence-electron chi connectivity index (χ0n) is 11.3. The lowest BCUT2D eigenvalue weighted by molar-refractivity contribution is 0.0690. The number of nitrogen functional groups attached to an aromatic ring is 1. The van der Waals surface area contributed by atoms with E-state index in [0.717, 1.165) is 19.5 Å². The SMILES string of the molecule is CC1CN(C)CCC1Nc1nc(C(=O)O)ccc1N. The number of nitrogens with zero attached hydrogens (tertiary/aromatic N) is 2. The number of piperidine rings is 1. The predicted octanol–water partition coefficient (Wildman–Crippen LogP) is 1.11. The molecule has 2 atom stereocenters. The van der Waals surface area contributed by atoms with Gasteiger partial charge in [0.05, 0.1) is 5.69 Å². The fraction of sp³-hybridized carbons (Fsp3) is 0.538. The van der Waals surface area contributed by atoms with E-state index in [-0.39, 0.29) is 11.7 Å². The van der Waals surface area contributed by atoms with Gasteiger partial charge in [0.25, 0.3) is 0 Å². The van der Waals surface area contributed by atoms with Crippen LogP contribution in [-0.4, -0.2) is 47.1 Å². The topological polar surface area (TPSA) is 91.5 Å². The van der Waals surface area contributed by atoms with E-state index in [4.69, 9.17) is 10.8 Å². The van der Waals surface area contributed by atoms with Crippen molar-refractivity contribution in [3.8, 4) is 0 Å². The van der Waals surface area contributed by atoms with Gasteiger partial charge in [-0.3, -0.25) is 0 Å². The Morgan fingerprint density at radius 2 is 2.32 bits per heavy atom. The molecule has 1 saturated heterocycles. The van der Waals surface area contributed by atoms with E-state index in [1.54, 1.807) is 6.07 Å². The lowest BCUT2D eigenvalue weighted by atomic mass is 9.94. The number of aromatic carboxylic acids is 1. The minimum absolute atomic E-state index is 0.0114. The van der Waals surface area contributed by atoms with Crippen molar-refractivity contribution in [1.29, 1.82) is 0 Å². The highest BCUT2D eigenvalue weighted by molar-refractivity contribution is 5.86. The first kappa shape index (κ1) is 13.6. The Labute approximate surface area is 112 Å². The largest absolute Gasteiger partial charge is 0.477 e. The number of carboxylic acid groups (broad SMARTS) is 1. The van der Waals surface area contributed by atoms with Crippen molar-refractivity contribution in [2.24, 2.45) is 5.92 Å². The standard InChI is InChI=1S/C13H20N4O2/c1-8-7-17(2)6-5-10(8)15-12-9(14)3-4-11(16-12)13(18)19/h3-4,8,10H,5-7,14H2,1-2H3,(H,15,16)(H,18,19). The number of carboxylic acids is 1. The first-order chi connectivity index (χ1) is 8.97. The van der Waals surface area contributed by atoms with Gasteiger partial charge in [-0.15, -0.1) is 0 Å². The van der Waals surface area contributed by atoms with Crippen molar-refractivity contribution in [1.82, 2.24) is 9.88 Å². The number of carbonyl (C=O) groups is 1. The summed E-state index contributed by atoms with van der Waals surface area (Å²) in [5.41, 5.74) is 6.35. The molecule has 0 aliphatic carbocycles. The van der Waals surface area contributed by atoms with Crippen LogP contribution >= 0.6 is 0 Å². The van der Waals surface area contributed by atoms with Crippen LogP contribution in [0.25, 0.3) is 0 Å². The fourth-order valence-electron chi connectivity index (χ4n) is 2.45. The summed E-state index contributed by atoms with van der Waals surface area (Å²) in [6.45, 7) is 4.20. The third kappa shape index (κ3) is 3.14. The van der Waals surface area contributed by atoms with Gasteiger partial charge in [-0.1, -0.05) is 6.92 Å². The van der Waals surface area contributed by atoms with Crippen LogP contribution in [0, 0.1) is 5.92 Å². The summed E-state index contributed by atoms with van der Waals surface area (Å²) in [5, 5.41) is 12.2. The molecule has 1 aromatic heterocycles. The molecule has 1 aliphatic heterocycles. The highest BCUT2D eigenvalue weighted by Gasteiger charge is 2.25. The number of likely N-dealkylation sites (tertiary alicyclic amines) is 1. The molecule has 6 heteroatoms. The Bertz CT molecular complexity index is 478.